The van der Waals surface area contributed by atoms with Crippen LogP contribution in [0.5, 0.6) is 0 Å². The van der Waals surface area contributed by atoms with E-state index in [9.17, 15) is 9.59 Å². The summed E-state index contributed by atoms with van der Waals surface area (Å²) in [7, 11) is 0. The first-order valence-corrected chi connectivity index (χ1v) is 10.1. The Kier molecular flexibility index (Phi) is 5.58. The van der Waals surface area contributed by atoms with E-state index in [1.165, 1.54) is 4.90 Å². The quantitative estimate of drug-likeness (QED) is 0.714. The Labute approximate surface area is 174 Å². The molecule has 5 nitrogen and oxygen atoms in total. The van der Waals surface area contributed by atoms with Crippen LogP contribution in [0, 0.1) is 0 Å². The fourth-order valence-corrected chi connectivity index (χ4v) is 4.25. The molecule has 0 aromatic heterocycles. The van der Waals surface area contributed by atoms with Gasteiger partial charge in [-0.15, -0.1) is 0 Å². The summed E-state index contributed by atoms with van der Waals surface area (Å²) in [5.74, 6) is -0.218. The van der Waals surface area contributed by atoms with Crippen LogP contribution in [0.4, 0.5) is 5.69 Å². The van der Waals surface area contributed by atoms with Crippen LogP contribution in [0.15, 0.2) is 48.5 Å². The number of amides is 2. The van der Waals surface area contributed by atoms with Gasteiger partial charge in [0.2, 0.25) is 11.8 Å². The average molecular weight is 418 g/mol. The summed E-state index contributed by atoms with van der Waals surface area (Å²) in [5, 5.41) is 1.37. The topological polar surface area (TPSA) is 43.9 Å². The third kappa shape index (κ3) is 3.88. The van der Waals surface area contributed by atoms with E-state index in [0.717, 1.165) is 42.5 Å². The van der Waals surface area contributed by atoms with Crippen molar-refractivity contribution in [3.05, 3.63) is 64.1 Å². The molecule has 2 heterocycles. The zero-order valence-electron chi connectivity index (χ0n) is 15.4. The first-order valence-electron chi connectivity index (χ1n) is 9.35. The largest absolute Gasteiger partial charge is 0.368 e. The van der Waals surface area contributed by atoms with E-state index in [1.807, 2.05) is 36.4 Å². The number of para-hydroxylation sites is 1. The van der Waals surface area contributed by atoms with Gasteiger partial charge in [-0.3, -0.25) is 19.4 Å². The highest BCUT2D eigenvalue weighted by atomic mass is 35.5. The second kappa shape index (κ2) is 8.11. The molecule has 7 heteroatoms. The molecule has 0 radical (unpaired) electrons. The van der Waals surface area contributed by atoms with Gasteiger partial charge in [0.25, 0.3) is 0 Å². The summed E-state index contributed by atoms with van der Waals surface area (Å²) in [6.45, 7) is 3.30. The van der Waals surface area contributed by atoms with Crippen molar-refractivity contribution < 1.29 is 9.59 Å². The van der Waals surface area contributed by atoms with Gasteiger partial charge in [-0.2, -0.15) is 0 Å². The molecule has 146 valence electrons. The highest BCUT2D eigenvalue weighted by Gasteiger charge is 2.42. The van der Waals surface area contributed by atoms with Crippen molar-refractivity contribution >= 4 is 40.7 Å². The third-order valence-electron chi connectivity index (χ3n) is 5.42. The van der Waals surface area contributed by atoms with Crippen molar-refractivity contribution in [1.29, 1.82) is 0 Å². The lowest BCUT2D eigenvalue weighted by Crippen LogP contribution is -2.52. The minimum absolute atomic E-state index is 0.105. The number of piperazine rings is 1. The molecule has 2 fully saturated rings. The molecular weight excluding hydrogens is 397 g/mol. The molecule has 1 atom stereocenters. The predicted octanol–water partition coefficient (Wildman–Crippen LogP) is 3.44. The summed E-state index contributed by atoms with van der Waals surface area (Å²) in [5.41, 5.74) is 1.91. The Morgan fingerprint density at radius 1 is 0.893 bits per heavy atom. The Balaban J connectivity index is 1.39. The van der Waals surface area contributed by atoms with Crippen LogP contribution in [0.2, 0.25) is 10.0 Å². The molecule has 1 unspecified atom stereocenters. The minimum Gasteiger partial charge on any atom is -0.368 e. The molecule has 2 aromatic rings. The molecule has 0 aliphatic carbocycles. The van der Waals surface area contributed by atoms with Crippen LogP contribution in [0.25, 0.3) is 0 Å². The Morgan fingerprint density at radius 2 is 1.57 bits per heavy atom. The highest BCUT2D eigenvalue weighted by Crippen LogP contribution is 2.28. The first kappa shape index (κ1) is 19.2. The van der Waals surface area contributed by atoms with Crippen molar-refractivity contribution in [1.82, 2.24) is 9.80 Å². The molecule has 0 spiro atoms. The lowest BCUT2D eigenvalue weighted by Gasteiger charge is -2.38. The van der Waals surface area contributed by atoms with Crippen molar-refractivity contribution in [2.45, 2.75) is 19.0 Å². The monoisotopic (exact) mass is 417 g/mol. The molecule has 0 bridgehead atoms. The predicted molar refractivity (Wildman–Crippen MR) is 111 cm³/mol. The van der Waals surface area contributed by atoms with Gasteiger partial charge in [-0.1, -0.05) is 47.5 Å². The van der Waals surface area contributed by atoms with E-state index in [2.05, 4.69) is 9.80 Å². The molecular formula is C21H21Cl2N3O2. The van der Waals surface area contributed by atoms with Gasteiger partial charge in [-0.05, 0) is 29.8 Å². The number of rotatable bonds is 4. The lowest BCUT2D eigenvalue weighted by molar-refractivity contribution is -0.140. The number of carbonyl (C=O) groups excluding carboxylic acids is 2. The number of likely N-dealkylation sites (tertiary alicyclic amines) is 1. The van der Waals surface area contributed by atoms with Crippen molar-refractivity contribution in [2.24, 2.45) is 0 Å². The van der Waals surface area contributed by atoms with Crippen molar-refractivity contribution in [3.63, 3.8) is 0 Å². The normalized spacial score (nSPS) is 20.9. The van der Waals surface area contributed by atoms with E-state index in [4.69, 9.17) is 23.2 Å². The molecule has 2 amide bonds. The number of hydrogen-bond donors (Lipinski definition) is 0. The number of carbonyl (C=O) groups is 2. The van der Waals surface area contributed by atoms with E-state index in [1.54, 1.807) is 12.1 Å². The van der Waals surface area contributed by atoms with Gasteiger partial charge in [0.05, 0.1) is 29.7 Å². The summed E-state index contributed by atoms with van der Waals surface area (Å²) >= 11 is 12.2. The number of halogens is 2. The molecule has 2 aliphatic heterocycles. The van der Waals surface area contributed by atoms with Crippen molar-refractivity contribution in [3.8, 4) is 0 Å². The van der Waals surface area contributed by atoms with Gasteiger partial charge >= 0.3 is 0 Å². The average Bonchev–Trinajstić information content (AvgIpc) is 2.98. The Hall–Kier alpha value is -2.08. The SMILES string of the molecule is O=C1CC(N2CCN(c3ccccc3Cl)CC2)C(=O)N1Cc1ccc(Cl)cc1. The molecule has 0 N–H and O–H groups in total. The van der Waals surface area contributed by atoms with E-state index >= 15 is 0 Å². The summed E-state index contributed by atoms with van der Waals surface area (Å²) in [4.78, 5) is 31.1. The first-order chi connectivity index (χ1) is 13.5. The Morgan fingerprint density at radius 3 is 2.25 bits per heavy atom. The van der Waals surface area contributed by atoms with Gasteiger partial charge < -0.3 is 4.90 Å². The van der Waals surface area contributed by atoms with Gasteiger partial charge in [0, 0.05) is 31.2 Å². The fourth-order valence-electron chi connectivity index (χ4n) is 3.87. The number of nitrogens with zero attached hydrogens (tertiary/aromatic N) is 3. The summed E-state index contributed by atoms with van der Waals surface area (Å²) in [6, 6.07) is 14.7. The second-order valence-electron chi connectivity index (χ2n) is 7.14. The van der Waals surface area contributed by atoms with Crippen LogP contribution < -0.4 is 4.90 Å². The second-order valence-corrected chi connectivity index (χ2v) is 7.98. The van der Waals surface area contributed by atoms with Crippen LogP contribution in [-0.4, -0.2) is 53.8 Å². The molecule has 2 aliphatic rings. The summed E-state index contributed by atoms with van der Waals surface area (Å²) in [6.07, 6.45) is 0.249. The zero-order chi connectivity index (χ0) is 19.7. The zero-order valence-corrected chi connectivity index (χ0v) is 16.9. The van der Waals surface area contributed by atoms with Gasteiger partial charge in [-0.25, -0.2) is 0 Å². The van der Waals surface area contributed by atoms with Crippen LogP contribution in [-0.2, 0) is 16.1 Å². The maximum atomic E-state index is 12.9. The molecule has 0 saturated carbocycles. The number of anilines is 1. The molecule has 2 aromatic carbocycles. The summed E-state index contributed by atoms with van der Waals surface area (Å²) < 4.78 is 0. The lowest BCUT2D eigenvalue weighted by atomic mass is 10.1. The maximum Gasteiger partial charge on any atom is 0.247 e. The number of benzene rings is 2. The van der Waals surface area contributed by atoms with Crippen LogP contribution in [0.1, 0.15) is 12.0 Å². The van der Waals surface area contributed by atoms with Gasteiger partial charge in [0.15, 0.2) is 0 Å². The van der Waals surface area contributed by atoms with Gasteiger partial charge in [0.1, 0.15) is 0 Å². The third-order valence-corrected chi connectivity index (χ3v) is 5.99. The van der Waals surface area contributed by atoms with E-state index < -0.39 is 0 Å². The van der Waals surface area contributed by atoms with Crippen molar-refractivity contribution in [2.75, 3.05) is 31.1 Å². The molecule has 4 rings (SSSR count). The van der Waals surface area contributed by atoms with E-state index in [0.29, 0.717) is 11.6 Å². The smallest absolute Gasteiger partial charge is 0.247 e. The van der Waals surface area contributed by atoms with E-state index in [-0.39, 0.29) is 24.3 Å². The molecule has 28 heavy (non-hydrogen) atoms. The number of imide groups is 1. The number of hydrogen-bond acceptors (Lipinski definition) is 4. The molecule has 2 saturated heterocycles. The fraction of sp³-hybridized carbons (Fsp3) is 0.333. The highest BCUT2D eigenvalue weighted by molar-refractivity contribution is 6.33. The standard InChI is InChI=1S/C21H21Cl2N3O2/c22-16-7-5-15(6-8-16)14-26-20(27)13-19(21(26)28)25-11-9-24(10-12-25)18-4-2-1-3-17(18)23/h1-8,19H,9-14H2. The van der Waals surface area contributed by atoms with Crippen LogP contribution in [0.3, 0.4) is 0 Å². The Bertz CT molecular complexity index is 879. The minimum atomic E-state index is -0.367. The maximum absolute atomic E-state index is 12.9. The van der Waals surface area contributed by atoms with Crippen LogP contribution >= 0.6 is 23.2 Å².